The van der Waals surface area contributed by atoms with Gasteiger partial charge in [-0.15, -0.1) is 0 Å². The monoisotopic (exact) mass is 414 g/mol. The number of nitrogens with zero attached hydrogens (tertiary/aromatic N) is 1. The van der Waals surface area contributed by atoms with Crippen molar-refractivity contribution in [3.05, 3.63) is 26.9 Å². The average Bonchev–Trinajstić information content (AvgIpc) is 2.91. The zero-order chi connectivity index (χ0) is 15.0. The number of hydrogen-bond acceptors (Lipinski definition) is 3. The Labute approximate surface area is 140 Å². The van der Waals surface area contributed by atoms with E-state index in [-0.39, 0.29) is 23.7 Å². The molecule has 3 rings (SSSR count). The fraction of sp³-hybridized carbons (Fsp3) is 0.533. The lowest BCUT2D eigenvalue weighted by Gasteiger charge is -2.34. The Balaban J connectivity index is 1.98. The third-order valence-corrected chi connectivity index (χ3v) is 5.57. The summed E-state index contributed by atoms with van der Waals surface area (Å²) in [4.78, 5) is 28.6. The molecule has 2 atom stereocenters. The topological polar surface area (TPSA) is 59.1 Å². The van der Waals surface area contributed by atoms with E-state index in [0.29, 0.717) is 12.3 Å². The first-order chi connectivity index (χ1) is 10.1. The Kier molecular flexibility index (Phi) is 4.45. The first-order valence-corrected chi connectivity index (χ1v) is 8.79. The SMILES string of the molecule is O=C1CC(c2ncc(Br)cc2Br)C(C2CCCC2)C(=O)N1. The first-order valence-electron chi connectivity index (χ1n) is 7.21. The van der Waals surface area contributed by atoms with Crippen LogP contribution in [0, 0.1) is 11.8 Å². The summed E-state index contributed by atoms with van der Waals surface area (Å²) in [6.07, 6.45) is 6.53. The van der Waals surface area contributed by atoms with Gasteiger partial charge in [0.25, 0.3) is 0 Å². The molecule has 2 heterocycles. The smallest absolute Gasteiger partial charge is 0.230 e. The third kappa shape index (κ3) is 3.06. The highest BCUT2D eigenvalue weighted by Gasteiger charge is 2.43. The molecule has 2 aliphatic rings. The second kappa shape index (κ2) is 6.16. The molecule has 2 unspecified atom stereocenters. The van der Waals surface area contributed by atoms with E-state index in [1.165, 1.54) is 12.8 Å². The highest BCUT2D eigenvalue weighted by molar-refractivity contribution is 9.11. The number of halogens is 2. The molecule has 1 saturated carbocycles. The summed E-state index contributed by atoms with van der Waals surface area (Å²) in [6, 6.07) is 1.92. The van der Waals surface area contributed by atoms with Gasteiger partial charge < -0.3 is 0 Å². The largest absolute Gasteiger partial charge is 0.296 e. The van der Waals surface area contributed by atoms with Crippen molar-refractivity contribution in [1.82, 2.24) is 10.3 Å². The highest BCUT2D eigenvalue weighted by Crippen LogP contribution is 2.43. The van der Waals surface area contributed by atoms with Crippen molar-refractivity contribution in [3.63, 3.8) is 0 Å². The third-order valence-electron chi connectivity index (χ3n) is 4.50. The maximum Gasteiger partial charge on any atom is 0.230 e. The molecule has 1 aliphatic carbocycles. The minimum absolute atomic E-state index is 0.125. The van der Waals surface area contributed by atoms with Crippen molar-refractivity contribution in [2.75, 3.05) is 0 Å². The zero-order valence-corrected chi connectivity index (χ0v) is 14.6. The summed E-state index contributed by atoms with van der Waals surface area (Å²) in [5.41, 5.74) is 0.818. The maximum atomic E-state index is 12.4. The number of carbonyl (C=O) groups excluding carboxylic acids is 2. The molecule has 1 aliphatic heterocycles. The van der Waals surface area contributed by atoms with Gasteiger partial charge in [-0.25, -0.2) is 0 Å². The zero-order valence-electron chi connectivity index (χ0n) is 11.4. The van der Waals surface area contributed by atoms with Gasteiger partial charge in [-0.05, 0) is 56.7 Å². The molecule has 21 heavy (non-hydrogen) atoms. The summed E-state index contributed by atoms with van der Waals surface area (Å²) in [5, 5.41) is 2.51. The average molecular weight is 416 g/mol. The van der Waals surface area contributed by atoms with Crippen LogP contribution in [0.25, 0.3) is 0 Å². The standard InChI is InChI=1S/C15H16Br2N2O2/c16-9-5-11(17)14(18-7-9)10-6-12(20)19-15(21)13(10)8-3-1-2-4-8/h5,7-8,10,13H,1-4,6H2,(H,19,20,21). The number of amides is 2. The molecule has 0 spiro atoms. The van der Waals surface area contributed by atoms with Crippen molar-refractivity contribution < 1.29 is 9.59 Å². The molecule has 1 aromatic heterocycles. The van der Waals surface area contributed by atoms with E-state index in [9.17, 15) is 9.59 Å². The number of piperidine rings is 1. The summed E-state index contributed by atoms with van der Waals surface area (Å²) < 4.78 is 1.73. The quantitative estimate of drug-likeness (QED) is 0.751. The molecular weight excluding hydrogens is 400 g/mol. The Morgan fingerprint density at radius 1 is 1.19 bits per heavy atom. The van der Waals surface area contributed by atoms with E-state index in [4.69, 9.17) is 0 Å². The van der Waals surface area contributed by atoms with Crippen molar-refractivity contribution >= 4 is 43.7 Å². The van der Waals surface area contributed by atoms with Crippen LogP contribution in [0.15, 0.2) is 21.2 Å². The van der Waals surface area contributed by atoms with Gasteiger partial charge in [0.1, 0.15) is 0 Å². The van der Waals surface area contributed by atoms with Crippen molar-refractivity contribution in [2.24, 2.45) is 11.8 Å². The van der Waals surface area contributed by atoms with E-state index in [2.05, 4.69) is 42.2 Å². The van der Waals surface area contributed by atoms with Crippen molar-refractivity contribution in [1.29, 1.82) is 0 Å². The second-order valence-corrected chi connectivity index (χ2v) is 7.58. The van der Waals surface area contributed by atoms with Crippen LogP contribution in [0.3, 0.4) is 0 Å². The van der Waals surface area contributed by atoms with Crippen LogP contribution in [-0.4, -0.2) is 16.8 Å². The van der Waals surface area contributed by atoms with Crippen LogP contribution in [0.1, 0.15) is 43.7 Å². The van der Waals surface area contributed by atoms with Gasteiger partial charge in [0.15, 0.2) is 0 Å². The van der Waals surface area contributed by atoms with Crippen molar-refractivity contribution in [2.45, 2.75) is 38.0 Å². The molecule has 0 bridgehead atoms. The minimum atomic E-state index is -0.198. The summed E-state index contributed by atoms with van der Waals surface area (Å²) in [7, 11) is 0. The van der Waals surface area contributed by atoms with Gasteiger partial charge in [-0.1, -0.05) is 12.8 Å². The van der Waals surface area contributed by atoms with Crippen LogP contribution in [-0.2, 0) is 9.59 Å². The molecule has 4 nitrogen and oxygen atoms in total. The molecular formula is C15H16Br2N2O2. The van der Waals surface area contributed by atoms with Gasteiger partial charge in [0.05, 0.1) is 11.6 Å². The molecule has 1 saturated heterocycles. The second-order valence-electron chi connectivity index (χ2n) is 5.81. The van der Waals surface area contributed by atoms with Gasteiger partial charge >= 0.3 is 0 Å². The molecule has 0 radical (unpaired) electrons. The Morgan fingerprint density at radius 3 is 2.57 bits per heavy atom. The summed E-state index contributed by atoms with van der Waals surface area (Å²) in [5.74, 6) is -0.233. The normalized spacial score (nSPS) is 27.0. The van der Waals surface area contributed by atoms with Crippen molar-refractivity contribution in [3.8, 4) is 0 Å². The molecule has 6 heteroatoms. The van der Waals surface area contributed by atoms with E-state index in [0.717, 1.165) is 27.5 Å². The lowest BCUT2D eigenvalue weighted by molar-refractivity contribution is -0.138. The highest BCUT2D eigenvalue weighted by atomic mass is 79.9. The summed E-state index contributed by atoms with van der Waals surface area (Å²) in [6.45, 7) is 0. The fourth-order valence-electron chi connectivity index (χ4n) is 3.61. The predicted molar refractivity (Wildman–Crippen MR) is 85.6 cm³/mol. The molecule has 2 fully saturated rings. The van der Waals surface area contributed by atoms with Crippen LogP contribution in [0.2, 0.25) is 0 Å². The van der Waals surface area contributed by atoms with Gasteiger partial charge in [-0.3, -0.25) is 19.9 Å². The molecule has 112 valence electrons. The first kappa shape index (κ1) is 15.2. The van der Waals surface area contributed by atoms with E-state index in [1.54, 1.807) is 6.20 Å². The maximum absolute atomic E-state index is 12.4. The molecule has 1 N–H and O–H groups in total. The van der Waals surface area contributed by atoms with Crippen LogP contribution < -0.4 is 5.32 Å². The molecule has 2 amide bonds. The number of hydrogen-bond donors (Lipinski definition) is 1. The van der Waals surface area contributed by atoms with Gasteiger partial charge in [-0.2, -0.15) is 0 Å². The number of carbonyl (C=O) groups is 2. The van der Waals surface area contributed by atoms with Crippen LogP contribution in [0.5, 0.6) is 0 Å². The number of aromatic nitrogens is 1. The Morgan fingerprint density at radius 2 is 1.90 bits per heavy atom. The minimum Gasteiger partial charge on any atom is -0.296 e. The lowest BCUT2D eigenvalue weighted by atomic mass is 9.74. The molecule has 1 aromatic rings. The Bertz CT molecular complexity index is 585. The van der Waals surface area contributed by atoms with E-state index >= 15 is 0 Å². The van der Waals surface area contributed by atoms with Crippen LogP contribution in [0.4, 0.5) is 0 Å². The van der Waals surface area contributed by atoms with E-state index in [1.807, 2.05) is 6.07 Å². The van der Waals surface area contributed by atoms with Gasteiger partial charge in [0.2, 0.25) is 11.8 Å². The number of rotatable bonds is 2. The molecule has 0 aromatic carbocycles. The lowest BCUT2D eigenvalue weighted by Crippen LogP contribution is -2.47. The number of pyridine rings is 1. The summed E-state index contributed by atoms with van der Waals surface area (Å²) >= 11 is 6.91. The predicted octanol–water partition coefficient (Wildman–Crippen LogP) is 3.54. The van der Waals surface area contributed by atoms with E-state index < -0.39 is 0 Å². The Hall–Kier alpha value is -0.750. The van der Waals surface area contributed by atoms with Gasteiger partial charge in [0, 0.05) is 27.5 Å². The fourth-order valence-corrected chi connectivity index (χ4v) is 4.89. The number of imide groups is 1. The van der Waals surface area contributed by atoms with Crippen LogP contribution >= 0.6 is 31.9 Å². The number of nitrogens with one attached hydrogen (secondary N) is 1.